The molecule has 1 aliphatic heterocycles. The molecule has 0 spiro atoms. The maximum Gasteiger partial charge on any atom is 0.258 e. The van der Waals surface area contributed by atoms with Crippen LogP contribution in [0.15, 0.2) is 66.4 Å². The fourth-order valence-corrected chi connectivity index (χ4v) is 3.69. The van der Waals surface area contributed by atoms with Crippen molar-refractivity contribution in [3.8, 4) is 11.1 Å². The standard InChI is InChI=1S/C25H30N2O2/c1-25(2,3)24(29)27-22(16-21(23(27)28)17-26(4)5)15-18-11-13-20(14-12-18)19-9-7-6-8-10-19/h6-14,17,22H,15-16H2,1-5H3/t22-/m1/s1. The van der Waals surface area contributed by atoms with Crippen LogP contribution < -0.4 is 0 Å². The molecule has 0 aliphatic carbocycles. The summed E-state index contributed by atoms with van der Waals surface area (Å²) in [6.45, 7) is 5.59. The van der Waals surface area contributed by atoms with E-state index in [1.54, 1.807) is 0 Å². The first-order valence-electron chi connectivity index (χ1n) is 10.1. The molecule has 3 rings (SSSR count). The molecule has 2 amide bonds. The number of hydrogen-bond acceptors (Lipinski definition) is 3. The van der Waals surface area contributed by atoms with E-state index in [0.29, 0.717) is 18.4 Å². The Labute approximate surface area is 173 Å². The van der Waals surface area contributed by atoms with Gasteiger partial charge in [0.05, 0.1) is 0 Å². The molecule has 0 unspecified atom stereocenters. The first-order chi connectivity index (χ1) is 13.7. The van der Waals surface area contributed by atoms with Crippen LogP contribution in [0.5, 0.6) is 0 Å². The fourth-order valence-electron chi connectivity index (χ4n) is 3.69. The summed E-state index contributed by atoms with van der Waals surface area (Å²) in [5.74, 6) is -0.278. The lowest BCUT2D eigenvalue weighted by molar-refractivity contribution is -0.148. The van der Waals surface area contributed by atoms with Crippen LogP contribution in [-0.4, -0.2) is 41.8 Å². The van der Waals surface area contributed by atoms with Crippen molar-refractivity contribution in [3.63, 3.8) is 0 Å². The second kappa shape index (κ2) is 8.24. The molecule has 2 aromatic carbocycles. The van der Waals surface area contributed by atoms with Gasteiger partial charge in [-0.25, -0.2) is 0 Å². The minimum absolute atomic E-state index is 0.115. The molecule has 0 aromatic heterocycles. The molecule has 1 aliphatic rings. The fraction of sp³-hybridized carbons (Fsp3) is 0.360. The quantitative estimate of drug-likeness (QED) is 0.721. The summed E-state index contributed by atoms with van der Waals surface area (Å²) in [6.07, 6.45) is 3.08. The Bertz CT molecular complexity index is 906. The highest BCUT2D eigenvalue weighted by Gasteiger charge is 2.43. The van der Waals surface area contributed by atoms with E-state index in [4.69, 9.17) is 0 Å². The van der Waals surface area contributed by atoms with Gasteiger partial charge in [-0.1, -0.05) is 75.4 Å². The molecule has 29 heavy (non-hydrogen) atoms. The second-order valence-electron chi connectivity index (χ2n) is 8.97. The van der Waals surface area contributed by atoms with E-state index in [2.05, 4.69) is 36.4 Å². The molecule has 1 saturated heterocycles. The van der Waals surface area contributed by atoms with Crippen molar-refractivity contribution in [2.45, 2.75) is 39.7 Å². The summed E-state index contributed by atoms with van der Waals surface area (Å²) >= 11 is 0. The van der Waals surface area contributed by atoms with Gasteiger partial charge >= 0.3 is 0 Å². The number of carbonyl (C=O) groups excluding carboxylic acids is 2. The van der Waals surface area contributed by atoms with Crippen molar-refractivity contribution in [1.82, 2.24) is 9.80 Å². The highest BCUT2D eigenvalue weighted by atomic mass is 16.2. The molecule has 2 aromatic rings. The van der Waals surface area contributed by atoms with Crippen LogP contribution in [0.1, 0.15) is 32.8 Å². The molecule has 1 heterocycles. The van der Waals surface area contributed by atoms with Crippen molar-refractivity contribution in [2.24, 2.45) is 5.41 Å². The minimum atomic E-state index is -0.599. The zero-order valence-corrected chi connectivity index (χ0v) is 18.0. The van der Waals surface area contributed by atoms with E-state index < -0.39 is 5.41 Å². The lowest BCUT2D eigenvalue weighted by atomic mass is 9.93. The molecule has 0 radical (unpaired) electrons. The Hall–Kier alpha value is -2.88. The van der Waals surface area contributed by atoms with Gasteiger partial charge in [0.15, 0.2) is 0 Å². The lowest BCUT2D eigenvalue weighted by Gasteiger charge is -2.29. The number of likely N-dealkylation sites (tertiary alicyclic amines) is 1. The van der Waals surface area contributed by atoms with Crippen LogP contribution in [0.3, 0.4) is 0 Å². The van der Waals surface area contributed by atoms with E-state index >= 15 is 0 Å². The predicted octanol–water partition coefficient (Wildman–Crippen LogP) is 4.52. The number of amides is 2. The minimum Gasteiger partial charge on any atom is -0.383 e. The van der Waals surface area contributed by atoms with Gasteiger partial charge in [0.25, 0.3) is 5.91 Å². The van der Waals surface area contributed by atoms with Gasteiger partial charge in [-0.3, -0.25) is 14.5 Å². The van der Waals surface area contributed by atoms with Gasteiger partial charge in [0.1, 0.15) is 0 Å². The highest BCUT2D eigenvalue weighted by molar-refractivity contribution is 6.08. The van der Waals surface area contributed by atoms with Crippen molar-refractivity contribution in [2.75, 3.05) is 14.1 Å². The molecule has 152 valence electrons. The van der Waals surface area contributed by atoms with Crippen molar-refractivity contribution in [1.29, 1.82) is 0 Å². The topological polar surface area (TPSA) is 40.6 Å². The number of nitrogens with zero attached hydrogens (tertiary/aromatic N) is 2. The molecule has 0 saturated carbocycles. The Balaban J connectivity index is 1.85. The van der Waals surface area contributed by atoms with Gasteiger partial charge in [-0.2, -0.15) is 0 Å². The largest absolute Gasteiger partial charge is 0.383 e. The third-order valence-corrected chi connectivity index (χ3v) is 5.12. The van der Waals surface area contributed by atoms with E-state index in [1.807, 2.05) is 64.2 Å². The summed E-state index contributed by atoms with van der Waals surface area (Å²) in [6, 6.07) is 18.5. The van der Waals surface area contributed by atoms with Gasteiger partial charge in [-0.15, -0.1) is 0 Å². The van der Waals surface area contributed by atoms with Crippen LogP contribution in [0, 0.1) is 5.41 Å². The van der Waals surface area contributed by atoms with Crippen LogP contribution in [0.2, 0.25) is 0 Å². The van der Waals surface area contributed by atoms with E-state index in [9.17, 15) is 9.59 Å². The lowest BCUT2D eigenvalue weighted by Crippen LogP contribution is -2.45. The number of rotatable bonds is 4. The Morgan fingerprint density at radius 3 is 2.17 bits per heavy atom. The second-order valence-corrected chi connectivity index (χ2v) is 8.97. The van der Waals surface area contributed by atoms with Gasteiger partial charge < -0.3 is 4.90 Å². The number of carbonyl (C=O) groups is 2. The van der Waals surface area contributed by atoms with Crippen molar-refractivity contribution < 1.29 is 9.59 Å². The number of benzene rings is 2. The molecule has 1 atom stereocenters. The zero-order valence-electron chi connectivity index (χ0n) is 18.0. The predicted molar refractivity (Wildman–Crippen MR) is 117 cm³/mol. The van der Waals surface area contributed by atoms with Crippen molar-refractivity contribution >= 4 is 11.8 Å². The third-order valence-electron chi connectivity index (χ3n) is 5.12. The summed E-state index contributed by atoms with van der Waals surface area (Å²) in [7, 11) is 3.79. The van der Waals surface area contributed by atoms with Crippen LogP contribution in [0.25, 0.3) is 11.1 Å². The monoisotopic (exact) mass is 390 g/mol. The molecule has 0 bridgehead atoms. The first kappa shape index (κ1) is 20.8. The van der Waals surface area contributed by atoms with E-state index in [-0.39, 0.29) is 17.9 Å². The summed E-state index contributed by atoms with van der Waals surface area (Å²) in [4.78, 5) is 29.3. The maximum absolute atomic E-state index is 13.0. The highest BCUT2D eigenvalue weighted by Crippen LogP contribution is 2.32. The average Bonchev–Trinajstić information content (AvgIpc) is 2.96. The van der Waals surface area contributed by atoms with E-state index in [1.165, 1.54) is 10.5 Å². The third kappa shape index (κ3) is 4.76. The molecule has 1 fully saturated rings. The first-order valence-corrected chi connectivity index (χ1v) is 10.1. The number of imide groups is 1. The Morgan fingerprint density at radius 1 is 1.03 bits per heavy atom. The zero-order chi connectivity index (χ0) is 21.2. The molecular weight excluding hydrogens is 360 g/mol. The molecule has 4 heteroatoms. The Morgan fingerprint density at radius 2 is 1.62 bits per heavy atom. The smallest absolute Gasteiger partial charge is 0.258 e. The molecular formula is C25H30N2O2. The van der Waals surface area contributed by atoms with Gasteiger partial charge in [-0.05, 0) is 23.1 Å². The average molecular weight is 391 g/mol. The van der Waals surface area contributed by atoms with Crippen LogP contribution in [0.4, 0.5) is 0 Å². The maximum atomic E-state index is 13.0. The Kier molecular flexibility index (Phi) is 5.92. The summed E-state index contributed by atoms with van der Waals surface area (Å²) in [5.41, 5.74) is 3.56. The van der Waals surface area contributed by atoms with Gasteiger partial charge in [0.2, 0.25) is 5.91 Å². The summed E-state index contributed by atoms with van der Waals surface area (Å²) in [5, 5.41) is 0. The normalized spacial score (nSPS) is 18.4. The number of hydrogen-bond donors (Lipinski definition) is 0. The SMILES string of the molecule is CN(C)C=C1C[C@@H](Cc2ccc(-c3ccccc3)cc2)N(C(=O)C(C)(C)C)C1=O. The van der Waals surface area contributed by atoms with Gasteiger partial charge in [0, 0.05) is 43.7 Å². The van der Waals surface area contributed by atoms with E-state index in [0.717, 1.165) is 11.1 Å². The van der Waals surface area contributed by atoms with Crippen molar-refractivity contribution in [3.05, 3.63) is 71.9 Å². The molecule has 4 nitrogen and oxygen atoms in total. The van der Waals surface area contributed by atoms with Crippen LogP contribution in [-0.2, 0) is 16.0 Å². The van der Waals surface area contributed by atoms with Crippen LogP contribution >= 0.6 is 0 Å². The molecule has 0 N–H and O–H groups in total. The summed E-state index contributed by atoms with van der Waals surface area (Å²) < 4.78 is 0.